The normalized spacial score (nSPS) is 21.9. The summed E-state index contributed by atoms with van der Waals surface area (Å²) in [6.45, 7) is 9.71. The molecule has 0 bridgehead atoms. The lowest BCUT2D eigenvalue weighted by molar-refractivity contribution is -0.271. The zero-order chi connectivity index (χ0) is 35.5. The molecule has 0 saturated carbocycles. The number of hydrogen-bond acceptors (Lipinski definition) is 14. The third kappa shape index (κ3) is 13.3. The van der Waals surface area contributed by atoms with Gasteiger partial charge < -0.3 is 43.8 Å². The Kier molecular flexibility index (Phi) is 14.1. The minimum atomic E-state index is -1.73. The molecule has 1 saturated heterocycles. The summed E-state index contributed by atoms with van der Waals surface area (Å²) in [6.07, 6.45) is -8.76. The molecule has 0 radical (unpaired) electrons. The van der Waals surface area contributed by atoms with Gasteiger partial charge in [0.05, 0.1) is 6.04 Å². The van der Waals surface area contributed by atoms with Crippen LogP contribution >= 0.6 is 0 Å². The van der Waals surface area contributed by atoms with Crippen molar-refractivity contribution in [2.45, 2.75) is 110 Å². The Balaban J connectivity index is 2.60. The molecule has 2 rings (SSSR count). The molecule has 16 heteroatoms. The fourth-order valence-corrected chi connectivity index (χ4v) is 4.62. The highest BCUT2D eigenvalue weighted by molar-refractivity contribution is 5.85. The smallest absolute Gasteiger partial charge is 0.408 e. The quantitative estimate of drug-likeness (QED) is 0.238. The molecule has 1 aromatic rings. The fourth-order valence-electron chi connectivity index (χ4n) is 4.62. The van der Waals surface area contributed by atoms with E-state index in [-0.39, 0.29) is 6.42 Å². The van der Waals surface area contributed by atoms with Crippen molar-refractivity contribution in [1.29, 1.82) is 0 Å². The van der Waals surface area contributed by atoms with Crippen LogP contribution in [-0.2, 0) is 68.3 Å². The predicted molar refractivity (Wildman–Crippen MR) is 159 cm³/mol. The van der Waals surface area contributed by atoms with E-state index >= 15 is 0 Å². The van der Waals surface area contributed by atoms with Crippen molar-refractivity contribution in [3.63, 3.8) is 0 Å². The summed E-state index contributed by atoms with van der Waals surface area (Å²) >= 11 is 0. The third-order valence-electron chi connectivity index (χ3n) is 6.21. The molecule has 1 unspecified atom stereocenters. The van der Waals surface area contributed by atoms with E-state index < -0.39 is 96.8 Å². The molecule has 260 valence electrons. The highest BCUT2D eigenvalue weighted by atomic mass is 16.7. The van der Waals surface area contributed by atoms with Crippen molar-refractivity contribution in [2.24, 2.45) is 0 Å². The number of ether oxygens (including phenoxy) is 7. The zero-order valence-electron chi connectivity index (χ0n) is 27.6. The van der Waals surface area contributed by atoms with Gasteiger partial charge in [-0.2, -0.15) is 0 Å². The van der Waals surface area contributed by atoms with E-state index in [0.29, 0.717) is 5.56 Å². The van der Waals surface area contributed by atoms with Crippen LogP contribution in [0.25, 0.3) is 0 Å². The summed E-state index contributed by atoms with van der Waals surface area (Å²) in [4.78, 5) is 87.2. The van der Waals surface area contributed by atoms with E-state index in [2.05, 4.69) is 10.6 Å². The first-order valence-corrected chi connectivity index (χ1v) is 14.7. The lowest BCUT2D eigenvalue weighted by atomic mass is 9.95. The summed E-state index contributed by atoms with van der Waals surface area (Å²) in [7, 11) is 0. The monoisotopic (exact) mass is 666 g/mol. The number of rotatable bonds is 12. The average molecular weight is 667 g/mol. The molecule has 47 heavy (non-hydrogen) atoms. The van der Waals surface area contributed by atoms with Crippen LogP contribution in [0.5, 0.6) is 0 Å². The number of esters is 5. The fraction of sp³-hybridized carbons (Fsp3) is 0.581. The minimum Gasteiger partial charge on any atom is -0.463 e. The molecule has 1 heterocycles. The van der Waals surface area contributed by atoms with Crippen LogP contribution in [0, 0.1) is 0 Å². The molecule has 0 spiro atoms. The molecular formula is C31H42N2O14. The molecule has 1 fully saturated rings. The molecule has 1 aliphatic rings. The summed E-state index contributed by atoms with van der Waals surface area (Å²) in [5.41, 5.74) is -0.263. The number of nitrogens with one attached hydrogen (secondary N) is 2. The molecular weight excluding hydrogens is 624 g/mol. The first-order valence-electron chi connectivity index (χ1n) is 14.7. The van der Waals surface area contributed by atoms with Gasteiger partial charge in [-0.1, -0.05) is 30.3 Å². The van der Waals surface area contributed by atoms with Gasteiger partial charge >= 0.3 is 35.9 Å². The molecule has 16 nitrogen and oxygen atoms in total. The van der Waals surface area contributed by atoms with Crippen LogP contribution in [0.1, 0.15) is 61.0 Å². The van der Waals surface area contributed by atoms with E-state index in [4.69, 9.17) is 33.2 Å². The first-order chi connectivity index (χ1) is 21.9. The Hall–Kier alpha value is -4.73. The van der Waals surface area contributed by atoms with Crippen LogP contribution < -0.4 is 10.6 Å². The summed E-state index contributed by atoms with van der Waals surface area (Å²) in [5, 5.41) is 5.11. The summed E-state index contributed by atoms with van der Waals surface area (Å²) in [5.74, 6) is -5.25. The highest BCUT2D eigenvalue weighted by Gasteiger charge is 2.53. The number of alkyl carbamates (subject to hydrolysis) is 1. The molecule has 7 atom stereocenters. The second-order valence-electron chi connectivity index (χ2n) is 11.6. The van der Waals surface area contributed by atoms with Crippen molar-refractivity contribution in [1.82, 2.24) is 10.6 Å². The van der Waals surface area contributed by atoms with E-state index in [1.54, 1.807) is 51.1 Å². The predicted octanol–water partition coefficient (Wildman–Crippen LogP) is 1.25. The van der Waals surface area contributed by atoms with Gasteiger partial charge in [-0.25, -0.2) is 4.79 Å². The SMILES string of the molecule is CC(=O)OC[C@H]1O[C@@H](OC(C)=O)[C@H](NC(=O)C(OC(C)=O)[C@H](Cc2ccccc2)NC(=O)OC(C)(C)C)[C@@H](OC(C)=O)[C@@H]1OC(C)=O. The standard InChI is InChI=1S/C31H42N2O14/c1-16(34)41-15-23-26(43-18(3)36)27(44-19(4)37)24(29(46-23)45-20(5)38)33-28(39)25(42-17(2)35)22(14-21-12-10-9-11-13-21)32-30(40)47-31(6,7)8/h9-13,22-27,29H,14-15H2,1-8H3,(H,32,40)(H,33,39)/t22-,23+,24+,25?,26+,27+,29+/m0/s1. The Morgan fingerprint density at radius 1 is 0.787 bits per heavy atom. The summed E-state index contributed by atoms with van der Waals surface area (Å²) < 4.78 is 37.8. The van der Waals surface area contributed by atoms with Crippen LogP contribution in [0.2, 0.25) is 0 Å². The van der Waals surface area contributed by atoms with Gasteiger partial charge in [0.1, 0.15) is 24.4 Å². The van der Waals surface area contributed by atoms with Gasteiger partial charge in [-0.15, -0.1) is 0 Å². The van der Waals surface area contributed by atoms with E-state index in [1.807, 2.05) is 0 Å². The van der Waals surface area contributed by atoms with Crippen LogP contribution in [0.15, 0.2) is 30.3 Å². The highest BCUT2D eigenvalue weighted by Crippen LogP contribution is 2.28. The maximum absolute atomic E-state index is 14.0. The number of hydrogen-bond donors (Lipinski definition) is 2. The largest absolute Gasteiger partial charge is 0.463 e. The second kappa shape index (κ2) is 17.3. The van der Waals surface area contributed by atoms with Gasteiger partial charge in [0.2, 0.25) is 12.4 Å². The Bertz CT molecular complexity index is 1290. The molecule has 1 aromatic carbocycles. The molecule has 1 aliphatic heterocycles. The van der Waals surface area contributed by atoms with Gasteiger partial charge in [0, 0.05) is 34.6 Å². The van der Waals surface area contributed by atoms with Crippen LogP contribution in [-0.4, -0.2) is 96.8 Å². The Labute approximate surface area is 272 Å². The maximum atomic E-state index is 14.0. The minimum absolute atomic E-state index is 0.0199. The van der Waals surface area contributed by atoms with Crippen molar-refractivity contribution in [3.8, 4) is 0 Å². The lowest BCUT2D eigenvalue weighted by Gasteiger charge is -2.44. The average Bonchev–Trinajstić information content (AvgIpc) is 2.92. The first kappa shape index (κ1) is 38.5. The summed E-state index contributed by atoms with van der Waals surface area (Å²) in [6, 6.07) is 5.87. The van der Waals surface area contributed by atoms with Crippen molar-refractivity contribution in [2.75, 3.05) is 6.61 Å². The van der Waals surface area contributed by atoms with E-state index in [0.717, 1.165) is 34.6 Å². The zero-order valence-corrected chi connectivity index (χ0v) is 27.6. The number of carbonyl (C=O) groups is 7. The van der Waals surface area contributed by atoms with Crippen LogP contribution in [0.4, 0.5) is 4.79 Å². The number of amides is 2. The topological polar surface area (TPSA) is 208 Å². The van der Waals surface area contributed by atoms with Crippen molar-refractivity contribution in [3.05, 3.63) is 35.9 Å². The van der Waals surface area contributed by atoms with Crippen molar-refractivity contribution < 1.29 is 66.7 Å². The number of benzene rings is 1. The molecule has 0 aliphatic carbocycles. The lowest BCUT2D eigenvalue weighted by Crippen LogP contribution is -2.68. The van der Waals surface area contributed by atoms with E-state index in [1.165, 1.54) is 0 Å². The molecule has 2 amide bonds. The van der Waals surface area contributed by atoms with Crippen molar-refractivity contribution >= 4 is 41.8 Å². The van der Waals surface area contributed by atoms with Gasteiger partial charge in [-0.3, -0.25) is 28.8 Å². The van der Waals surface area contributed by atoms with Gasteiger partial charge in [-0.05, 0) is 32.8 Å². The maximum Gasteiger partial charge on any atom is 0.408 e. The molecule has 0 aromatic heterocycles. The van der Waals surface area contributed by atoms with E-state index in [9.17, 15) is 33.6 Å². The number of carbonyl (C=O) groups excluding carboxylic acids is 7. The Morgan fingerprint density at radius 3 is 1.87 bits per heavy atom. The second-order valence-corrected chi connectivity index (χ2v) is 11.6. The van der Waals surface area contributed by atoms with Gasteiger partial charge in [0.15, 0.2) is 12.2 Å². The van der Waals surface area contributed by atoms with Gasteiger partial charge in [0.25, 0.3) is 5.91 Å². The molecule has 2 N–H and O–H groups in total. The third-order valence-corrected chi connectivity index (χ3v) is 6.21. The van der Waals surface area contributed by atoms with Crippen LogP contribution in [0.3, 0.4) is 0 Å². The Morgan fingerprint density at radius 2 is 1.36 bits per heavy atom.